The Morgan fingerprint density at radius 2 is 2.25 bits per heavy atom. The summed E-state index contributed by atoms with van der Waals surface area (Å²) < 4.78 is 4.73. The van der Waals surface area contributed by atoms with Crippen LogP contribution in [0.25, 0.3) is 0 Å². The van der Waals surface area contributed by atoms with E-state index in [0.717, 1.165) is 11.4 Å². The van der Waals surface area contributed by atoms with Crippen molar-refractivity contribution < 1.29 is 9.53 Å². The van der Waals surface area contributed by atoms with Crippen LogP contribution in [0.15, 0.2) is 17.3 Å². The first-order valence-corrected chi connectivity index (χ1v) is 4.94. The highest BCUT2D eigenvalue weighted by molar-refractivity contribution is 5.98. The molecule has 0 spiro atoms. The molecule has 5 nitrogen and oxygen atoms in total. The van der Waals surface area contributed by atoms with Crippen molar-refractivity contribution in [1.82, 2.24) is 9.88 Å². The summed E-state index contributed by atoms with van der Waals surface area (Å²) in [5, 5.41) is 0. The van der Waals surface area contributed by atoms with Crippen LogP contribution in [0.4, 0.5) is 5.82 Å². The summed E-state index contributed by atoms with van der Waals surface area (Å²) in [7, 11) is 5.21. The zero-order valence-electron chi connectivity index (χ0n) is 9.52. The second-order valence-electron chi connectivity index (χ2n) is 3.75. The van der Waals surface area contributed by atoms with Gasteiger partial charge in [-0.1, -0.05) is 0 Å². The third-order valence-corrected chi connectivity index (χ3v) is 2.52. The Balaban J connectivity index is 2.40. The number of nitrogens with zero attached hydrogens (tertiary/aromatic N) is 3. The Hall–Kier alpha value is -1.91. The SMILES string of the molecule is COC(=O)c1ccnc2c1CC(N(C)C)=N2. The van der Waals surface area contributed by atoms with E-state index >= 15 is 0 Å². The molecule has 5 heteroatoms. The van der Waals surface area contributed by atoms with Gasteiger partial charge in [-0.2, -0.15) is 0 Å². The molecule has 2 rings (SSSR count). The molecule has 84 valence electrons. The van der Waals surface area contributed by atoms with Gasteiger partial charge in [0.15, 0.2) is 5.82 Å². The number of aromatic nitrogens is 1. The summed E-state index contributed by atoms with van der Waals surface area (Å²) in [5.41, 5.74) is 1.39. The predicted octanol–water partition coefficient (Wildman–Crippen LogP) is 1.02. The van der Waals surface area contributed by atoms with Crippen LogP contribution in [-0.4, -0.2) is 42.9 Å². The smallest absolute Gasteiger partial charge is 0.338 e. The number of esters is 1. The number of rotatable bonds is 1. The average Bonchev–Trinajstić information content (AvgIpc) is 2.71. The number of methoxy groups -OCH3 is 1. The number of ether oxygens (including phenoxy) is 1. The standard InChI is InChI=1S/C11H13N3O2/c1-14(2)9-6-8-7(11(15)16-3)4-5-12-10(8)13-9/h4-5H,6H2,1-3H3. The molecule has 16 heavy (non-hydrogen) atoms. The number of carbonyl (C=O) groups is 1. The number of aliphatic imine (C=N–C) groups is 1. The molecule has 0 fully saturated rings. The molecule has 1 aromatic rings. The number of pyridine rings is 1. The first-order valence-electron chi connectivity index (χ1n) is 4.94. The number of fused-ring (bicyclic) bond motifs is 1. The van der Waals surface area contributed by atoms with Gasteiger partial charge in [-0.15, -0.1) is 0 Å². The maximum absolute atomic E-state index is 11.5. The normalized spacial score (nSPS) is 13.1. The van der Waals surface area contributed by atoms with Crippen molar-refractivity contribution in [3.8, 4) is 0 Å². The van der Waals surface area contributed by atoms with Gasteiger partial charge < -0.3 is 9.64 Å². The first-order chi connectivity index (χ1) is 7.63. The topological polar surface area (TPSA) is 54.8 Å². The van der Waals surface area contributed by atoms with Crippen LogP contribution in [0.1, 0.15) is 15.9 Å². The molecule has 0 amide bonds. The van der Waals surface area contributed by atoms with Crippen molar-refractivity contribution in [3.05, 3.63) is 23.4 Å². The maximum atomic E-state index is 11.5. The highest BCUT2D eigenvalue weighted by Gasteiger charge is 2.23. The molecule has 1 aliphatic rings. The van der Waals surface area contributed by atoms with E-state index in [0.29, 0.717) is 17.8 Å². The number of carbonyl (C=O) groups excluding carboxylic acids is 1. The molecule has 0 saturated carbocycles. The second kappa shape index (κ2) is 3.92. The van der Waals surface area contributed by atoms with E-state index in [4.69, 9.17) is 4.74 Å². The van der Waals surface area contributed by atoms with Gasteiger partial charge >= 0.3 is 5.97 Å². The van der Waals surface area contributed by atoms with E-state index in [9.17, 15) is 4.79 Å². The summed E-state index contributed by atoms with van der Waals surface area (Å²) in [6, 6.07) is 1.67. The Kier molecular flexibility index (Phi) is 2.60. The minimum absolute atomic E-state index is 0.339. The van der Waals surface area contributed by atoms with Crippen LogP contribution in [0.5, 0.6) is 0 Å². The number of amidine groups is 1. The van der Waals surface area contributed by atoms with E-state index < -0.39 is 0 Å². The summed E-state index contributed by atoms with van der Waals surface area (Å²) in [4.78, 5) is 22.0. The van der Waals surface area contributed by atoms with Gasteiger partial charge in [0.1, 0.15) is 5.84 Å². The fraction of sp³-hybridized carbons (Fsp3) is 0.364. The van der Waals surface area contributed by atoms with Crippen LogP contribution < -0.4 is 0 Å². The Labute approximate surface area is 93.8 Å². The van der Waals surface area contributed by atoms with E-state index in [1.54, 1.807) is 12.3 Å². The van der Waals surface area contributed by atoms with Gasteiger partial charge in [0.2, 0.25) is 0 Å². The van der Waals surface area contributed by atoms with Crippen LogP contribution in [0.3, 0.4) is 0 Å². The van der Waals surface area contributed by atoms with Gasteiger partial charge in [0, 0.05) is 32.3 Å². The average molecular weight is 219 g/mol. The molecular weight excluding hydrogens is 206 g/mol. The van der Waals surface area contributed by atoms with Gasteiger partial charge in [-0.05, 0) is 6.07 Å². The van der Waals surface area contributed by atoms with Crippen molar-refractivity contribution in [2.45, 2.75) is 6.42 Å². The van der Waals surface area contributed by atoms with E-state index in [-0.39, 0.29) is 5.97 Å². The fourth-order valence-corrected chi connectivity index (χ4v) is 1.63. The third kappa shape index (κ3) is 1.64. The van der Waals surface area contributed by atoms with Crippen molar-refractivity contribution in [2.75, 3.05) is 21.2 Å². The highest BCUT2D eigenvalue weighted by atomic mass is 16.5. The Bertz CT molecular complexity index is 466. The molecule has 0 unspecified atom stereocenters. The molecule has 1 aliphatic heterocycles. The first kappa shape index (κ1) is 10.6. The summed E-state index contributed by atoms with van der Waals surface area (Å²) in [6.45, 7) is 0. The molecule has 0 aliphatic carbocycles. The van der Waals surface area contributed by atoms with Crippen LogP contribution >= 0.6 is 0 Å². The van der Waals surface area contributed by atoms with E-state index in [2.05, 4.69) is 9.98 Å². The van der Waals surface area contributed by atoms with Crippen molar-refractivity contribution in [3.63, 3.8) is 0 Å². The minimum Gasteiger partial charge on any atom is -0.465 e. The summed E-state index contributed by atoms with van der Waals surface area (Å²) in [6.07, 6.45) is 2.20. The Morgan fingerprint density at radius 1 is 1.50 bits per heavy atom. The second-order valence-corrected chi connectivity index (χ2v) is 3.75. The molecule has 0 radical (unpaired) electrons. The van der Waals surface area contributed by atoms with Gasteiger partial charge in [-0.3, -0.25) is 0 Å². The third-order valence-electron chi connectivity index (χ3n) is 2.52. The molecule has 2 heterocycles. The van der Waals surface area contributed by atoms with Crippen LogP contribution in [-0.2, 0) is 11.2 Å². The lowest BCUT2D eigenvalue weighted by molar-refractivity contribution is 0.0599. The molecular formula is C11H13N3O2. The summed E-state index contributed by atoms with van der Waals surface area (Å²) in [5.74, 6) is 1.18. The molecule has 0 atom stereocenters. The van der Waals surface area contributed by atoms with Crippen LogP contribution in [0, 0.1) is 0 Å². The highest BCUT2D eigenvalue weighted by Crippen LogP contribution is 2.27. The fourth-order valence-electron chi connectivity index (χ4n) is 1.63. The van der Waals surface area contributed by atoms with Gasteiger partial charge in [0.05, 0.1) is 12.7 Å². The van der Waals surface area contributed by atoms with Crippen molar-refractivity contribution in [2.24, 2.45) is 4.99 Å². The summed E-state index contributed by atoms with van der Waals surface area (Å²) >= 11 is 0. The van der Waals surface area contributed by atoms with Crippen molar-refractivity contribution in [1.29, 1.82) is 0 Å². The predicted molar refractivity (Wildman–Crippen MR) is 60.1 cm³/mol. The largest absolute Gasteiger partial charge is 0.465 e. The molecule has 0 saturated heterocycles. The lowest BCUT2D eigenvalue weighted by Gasteiger charge is -2.10. The lowest BCUT2D eigenvalue weighted by Crippen LogP contribution is -2.22. The quantitative estimate of drug-likeness (QED) is 0.662. The Morgan fingerprint density at radius 3 is 2.88 bits per heavy atom. The zero-order chi connectivity index (χ0) is 11.7. The molecule has 0 N–H and O–H groups in total. The maximum Gasteiger partial charge on any atom is 0.338 e. The van der Waals surface area contributed by atoms with E-state index in [1.165, 1.54) is 7.11 Å². The van der Waals surface area contributed by atoms with Gasteiger partial charge in [-0.25, -0.2) is 14.8 Å². The monoisotopic (exact) mass is 219 g/mol. The lowest BCUT2D eigenvalue weighted by atomic mass is 10.1. The molecule has 1 aromatic heterocycles. The van der Waals surface area contributed by atoms with E-state index in [1.807, 2.05) is 19.0 Å². The molecule has 0 bridgehead atoms. The minimum atomic E-state index is -0.339. The van der Waals surface area contributed by atoms with Crippen LogP contribution in [0.2, 0.25) is 0 Å². The van der Waals surface area contributed by atoms with Crippen molar-refractivity contribution >= 4 is 17.6 Å². The van der Waals surface area contributed by atoms with Gasteiger partial charge in [0.25, 0.3) is 0 Å². The molecule has 0 aromatic carbocycles. The number of hydrogen-bond donors (Lipinski definition) is 0. The number of likely N-dealkylation sites (N-methyl/N-ethyl adjacent to an activating group) is 1. The number of hydrogen-bond acceptors (Lipinski definition) is 5. The zero-order valence-corrected chi connectivity index (χ0v) is 9.52.